The number of hydrogen-bond donors (Lipinski definition) is 2. The van der Waals surface area contributed by atoms with E-state index in [1.807, 2.05) is 54.7 Å². The third kappa shape index (κ3) is 4.10. The molecule has 4 rings (SSSR count). The lowest BCUT2D eigenvalue weighted by Crippen LogP contribution is -2.09. The molecule has 1 heterocycles. The van der Waals surface area contributed by atoms with Gasteiger partial charge < -0.3 is 9.84 Å². The molecule has 0 saturated heterocycles. The van der Waals surface area contributed by atoms with Crippen LogP contribution >= 0.6 is 0 Å². The van der Waals surface area contributed by atoms with Crippen LogP contribution in [0.5, 0.6) is 5.75 Å². The van der Waals surface area contributed by atoms with Crippen LogP contribution in [0.3, 0.4) is 0 Å². The van der Waals surface area contributed by atoms with E-state index in [0.29, 0.717) is 5.75 Å². The van der Waals surface area contributed by atoms with E-state index in [1.54, 1.807) is 0 Å². The predicted molar refractivity (Wildman–Crippen MR) is 118 cm³/mol. The molecule has 2 N–H and O–H groups in total. The molecule has 0 spiro atoms. The Hall–Kier alpha value is -3.86. The first kappa shape index (κ1) is 19.5. The molecular weight excluding hydrogens is 376 g/mol. The van der Waals surface area contributed by atoms with Crippen molar-refractivity contribution in [2.45, 2.75) is 13.3 Å². The van der Waals surface area contributed by atoms with E-state index < -0.39 is 5.97 Å². The molecule has 4 aromatic rings. The fourth-order valence-corrected chi connectivity index (χ4v) is 3.64. The molecule has 0 aliphatic rings. The molecule has 0 saturated carbocycles. The zero-order valence-electron chi connectivity index (χ0n) is 16.6. The lowest BCUT2D eigenvalue weighted by molar-refractivity contribution is -0.139. The highest BCUT2D eigenvalue weighted by Crippen LogP contribution is 2.36. The number of nitrogens with zero attached hydrogens (tertiary/aromatic N) is 1. The fourth-order valence-electron chi connectivity index (χ4n) is 3.64. The number of carboxylic acid groups (broad SMARTS) is 1. The van der Waals surface area contributed by atoms with Gasteiger partial charge in [0.1, 0.15) is 5.75 Å². The summed E-state index contributed by atoms with van der Waals surface area (Å²) in [6, 6.07) is 24.2. The van der Waals surface area contributed by atoms with Crippen molar-refractivity contribution >= 4 is 28.0 Å². The van der Waals surface area contributed by atoms with E-state index in [9.17, 15) is 4.79 Å². The lowest BCUT2D eigenvalue weighted by Gasteiger charge is -2.17. The summed E-state index contributed by atoms with van der Waals surface area (Å²) >= 11 is 0. The molecule has 0 fully saturated rings. The first-order valence-corrected chi connectivity index (χ1v) is 9.83. The molecule has 0 amide bonds. The molecule has 1 aromatic heterocycles. The smallest absolute Gasteiger partial charge is 0.341 e. The van der Waals surface area contributed by atoms with Crippen LogP contribution in [0.4, 0.5) is 0 Å². The first-order chi connectivity index (χ1) is 14.7. The maximum absolute atomic E-state index is 10.8. The highest BCUT2D eigenvalue weighted by molar-refractivity contribution is 6.00. The van der Waals surface area contributed by atoms with Crippen molar-refractivity contribution in [1.29, 1.82) is 0 Å². The highest BCUT2D eigenvalue weighted by Gasteiger charge is 2.14. The second-order valence-corrected chi connectivity index (χ2v) is 6.95. The van der Waals surface area contributed by atoms with E-state index in [1.165, 1.54) is 11.1 Å². The minimum absolute atomic E-state index is 0.358. The molecule has 30 heavy (non-hydrogen) atoms. The summed E-state index contributed by atoms with van der Waals surface area (Å²) in [4.78, 5) is 10.8. The van der Waals surface area contributed by atoms with Crippen LogP contribution in [-0.4, -0.2) is 27.9 Å². The second-order valence-electron chi connectivity index (χ2n) is 6.95. The zero-order chi connectivity index (χ0) is 20.9. The molecule has 150 valence electrons. The standard InChI is InChI=1S/C25H22N2O3/c1-2-22(17-6-4-3-5-7-17)25(19-10-13-23-20(14-19)15-26-27-23)18-8-11-21(12-9-18)30-16-24(28)29/h3-15H,2,16H2,1H3,(H,26,27)(H,28,29)/b25-22-. The number of allylic oxidation sites excluding steroid dienone is 1. The van der Waals surface area contributed by atoms with E-state index in [2.05, 4.69) is 41.4 Å². The van der Waals surface area contributed by atoms with Gasteiger partial charge in [-0.1, -0.05) is 55.5 Å². The monoisotopic (exact) mass is 398 g/mol. The summed E-state index contributed by atoms with van der Waals surface area (Å²) in [5, 5.41) is 17.0. The Kier molecular flexibility index (Phi) is 5.61. The number of nitrogens with one attached hydrogen (secondary N) is 1. The number of carbonyl (C=O) groups is 1. The molecular formula is C25H22N2O3. The minimum atomic E-state index is -0.995. The molecule has 5 heteroatoms. The van der Waals surface area contributed by atoms with Crippen LogP contribution in [0.15, 0.2) is 79.0 Å². The van der Waals surface area contributed by atoms with Gasteiger partial charge in [0.05, 0.1) is 11.7 Å². The van der Waals surface area contributed by atoms with E-state index >= 15 is 0 Å². The second kappa shape index (κ2) is 8.66. The number of H-pyrrole nitrogens is 1. The molecule has 0 aliphatic heterocycles. The Bertz CT molecular complexity index is 1190. The number of aromatic nitrogens is 2. The average Bonchev–Trinajstić information content (AvgIpc) is 3.25. The van der Waals surface area contributed by atoms with Crippen molar-refractivity contribution in [3.05, 3.63) is 95.7 Å². The van der Waals surface area contributed by atoms with Crippen LogP contribution < -0.4 is 4.74 Å². The van der Waals surface area contributed by atoms with E-state index in [-0.39, 0.29) is 6.61 Å². The minimum Gasteiger partial charge on any atom is -0.482 e. The molecule has 0 aliphatic carbocycles. The summed E-state index contributed by atoms with van der Waals surface area (Å²) in [5.41, 5.74) is 6.68. The fraction of sp³-hybridized carbons (Fsp3) is 0.120. The molecule has 0 radical (unpaired) electrons. The Morgan fingerprint density at radius 3 is 2.40 bits per heavy atom. The van der Waals surface area contributed by atoms with Gasteiger partial charge in [-0.3, -0.25) is 5.10 Å². The molecule has 0 unspecified atom stereocenters. The van der Waals surface area contributed by atoms with Crippen LogP contribution in [-0.2, 0) is 4.79 Å². The van der Waals surface area contributed by atoms with Crippen molar-refractivity contribution < 1.29 is 14.6 Å². The van der Waals surface area contributed by atoms with E-state index in [4.69, 9.17) is 9.84 Å². The zero-order valence-corrected chi connectivity index (χ0v) is 16.6. The number of hydrogen-bond acceptors (Lipinski definition) is 3. The summed E-state index contributed by atoms with van der Waals surface area (Å²) < 4.78 is 5.30. The van der Waals surface area contributed by atoms with Gasteiger partial charge in [-0.05, 0) is 58.5 Å². The van der Waals surface area contributed by atoms with Crippen molar-refractivity contribution in [3.63, 3.8) is 0 Å². The van der Waals surface area contributed by atoms with Crippen LogP contribution in [0.25, 0.3) is 22.0 Å². The number of carboxylic acids is 1. The van der Waals surface area contributed by atoms with Gasteiger partial charge >= 0.3 is 5.97 Å². The summed E-state index contributed by atoms with van der Waals surface area (Å²) in [6.07, 6.45) is 2.69. The normalized spacial score (nSPS) is 11.9. The Morgan fingerprint density at radius 2 is 1.70 bits per heavy atom. The summed E-state index contributed by atoms with van der Waals surface area (Å²) in [5.74, 6) is -0.464. The van der Waals surface area contributed by atoms with Gasteiger partial charge in [0.15, 0.2) is 6.61 Å². The number of benzene rings is 3. The maximum atomic E-state index is 10.8. The predicted octanol–water partition coefficient (Wildman–Crippen LogP) is 5.40. The average molecular weight is 398 g/mol. The topological polar surface area (TPSA) is 75.2 Å². The van der Waals surface area contributed by atoms with Crippen LogP contribution in [0, 0.1) is 0 Å². The number of fused-ring (bicyclic) bond motifs is 1. The van der Waals surface area contributed by atoms with Crippen molar-refractivity contribution in [1.82, 2.24) is 10.2 Å². The highest BCUT2D eigenvalue weighted by atomic mass is 16.5. The lowest BCUT2D eigenvalue weighted by atomic mass is 9.88. The van der Waals surface area contributed by atoms with E-state index in [0.717, 1.165) is 34.0 Å². The molecule has 0 atom stereocenters. The SMILES string of the molecule is CC/C(=C(\c1ccc(OCC(=O)O)cc1)c1ccc2[nH]ncc2c1)c1ccccc1. The molecule has 0 bridgehead atoms. The van der Waals surface area contributed by atoms with Crippen molar-refractivity contribution in [2.24, 2.45) is 0 Å². The van der Waals surface area contributed by atoms with Crippen molar-refractivity contribution in [3.8, 4) is 5.75 Å². The van der Waals surface area contributed by atoms with Gasteiger partial charge in [-0.15, -0.1) is 0 Å². The molecule has 5 nitrogen and oxygen atoms in total. The summed E-state index contributed by atoms with van der Waals surface area (Å²) in [6.45, 7) is 1.80. The van der Waals surface area contributed by atoms with Gasteiger partial charge in [-0.2, -0.15) is 5.10 Å². The number of aliphatic carboxylic acids is 1. The van der Waals surface area contributed by atoms with Gasteiger partial charge in [0, 0.05) is 5.39 Å². The number of aromatic amines is 1. The number of rotatable bonds is 7. The third-order valence-electron chi connectivity index (χ3n) is 5.01. The van der Waals surface area contributed by atoms with Gasteiger partial charge in [0.2, 0.25) is 0 Å². The Morgan fingerprint density at radius 1 is 0.967 bits per heavy atom. The maximum Gasteiger partial charge on any atom is 0.341 e. The van der Waals surface area contributed by atoms with Crippen LogP contribution in [0.1, 0.15) is 30.0 Å². The van der Waals surface area contributed by atoms with Gasteiger partial charge in [0.25, 0.3) is 0 Å². The third-order valence-corrected chi connectivity index (χ3v) is 5.01. The van der Waals surface area contributed by atoms with Gasteiger partial charge in [-0.25, -0.2) is 4.79 Å². The number of ether oxygens (including phenoxy) is 1. The Balaban J connectivity index is 1.85. The summed E-state index contributed by atoms with van der Waals surface area (Å²) in [7, 11) is 0. The molecule has 3 aromatic carbocycles. The van der Waals surface area contributed by atoms with Crippen LogP contribution in [0.2, 0.25) is 0 Å². The Labute approximate surface area is 174 Å². The first-order valence-electron chi connectivity index (χ1n) is 9.83. The largest absolute Gasteiger partial charge is 0.482 e. The quantitative estimate of drug-likeness (QED) is 0.409. The van der Waals surface area contributed by atoms with Crippen molar-refractivity contribution in [2.75, 3.05) is 6.61 Å².